The molecule has 9 nitrogen and oxygen atoms in total. The molecule has 0 bridgehead atoms. The summed E-state index contributed by atoms with van der Waals surface area (Å²) >= 11 is 0. The Morgan fingerprint density at radius 3 is 2.81 bits per heavy atom. The standard InChI is InChI=1S/C18H22N6O3/c1-2-15-21-14(23-27-15)11-24-16(25)18(22-17(24)26,12-5-8-19-9-6-12)13-4-3-7-20-10-13/h3-4,7,10,12,19H,2,5-6,8-9,11H2,1H3,(H,22,26). The van der Waals surface area contributed by atoms with Crippen LogP contribution in [0.15, 0.2) is 29.0 Å². The van der Waals surface area contributed by atoms with Gasteiger partial charge < -0.3 is 15.2 Å². The Morgan fingerprint density at radius 2 is 2.15 bits per heavy atom. The highest BCUT2D eigenvalue weighted by atomic mass is 16.5. The molecule has 3 amide bonds. The molecule has 1 atom stereocenters. The van der Waals surface area contributed by atoms with E-state index in [1.54, 1.807) is 18.5 Å². The second-order valence-corrected chi connectivity index (χ2v) is 6.85. The van der Waals surface area contributed by atoms with E-state index >= 15 is 0 Å². The van der Waals surface area contributed by atoms with Crippen molar-refractivity contribution in [2.24, 2.45) is 5.92 Å². The molecule has 142 valence electrons. The number of aryl methyl sites for hydroxylation is 1. The first kappa shape index (κ1) is 17.6. The Morgan fingerprint density at radius 1 is 1.33 bits per heavy atom. The van der Waals surface area contributed by atoms with Crippen LogP contribution in [0, 0.1) is 5.92 Å². The van der Waals surface area contributed by atoms with Gasteiger partial charge in [-0.25, -0.2) is 4.79 Å². The molecule has 2 aliphatic heterocycles. The lowest BCUT2D eigenvalue weighted by Gasteiger charge is -2.37. The van der Waals surface area contributed by atoms with Gasteiger partial charge in [0, 0.05) is 24.4 Å². The van der Waals surface area contributed by atoms with Crippen LogP contribution in [-0.2, 0) is 23.3 Å². The number of imide groups is 1. The summed E-state index contributed by atoms with van der Waals surface area (Å²) < 4.78 is 5.10. The van der Waals surface area contributed by atoms with Gasteiger partial charge in [-0.3, -0.25) is 14.7 Å². The van der Waals surface area contributed by atoms with Gasteiger partial charge in [-0.15, -0.1) is 0 Å². The Kier molecular flexibility index (Phi) is 4.61. The summed E-state index contributed by atoms with van der Waals surface area (Å²) in [4.78, 5) is 35.9. The number of hydrogen-bond acceptors (Lipinski definition) is 7. The molecule has 9 heteroatoms. The van der Waals surface area contributed by atoms with E-state index in [9.17, 15) is 9.59 Å². The largest absolute Gasteiger partial charge is 0.339 e. The number of nitrogens with zero attached hydrogens (tertiary/aromatic N) is 4. The highest BCUT2D eigenvalue weighted by Gasteiger charge is 2.57. The zero-order valence-electron chi connectivity index (χ0n) is 15.1. The van der Waals surface area contributed by atoms with Crippen LogP contribution in [0.1, 0.15) is 37.0 Å². The molecule has 0 radical (unpaired) electrons. The lowest BCUT2D eigenvalue weighted by molar-refractivity contribution is -0.134. The fourth-order valence-corrected chi connectivity index (χ4v) is 3.94. The van der Waals surface area contributed by atoms with Crippen LogP contribution in [-0.4, -0.2) is 45.1 Å². The van der Waals surface area contributed by atoms with Crippen LogP contribution in [0.2, 0.25) is 0 Å². The summed E-state index contributed by atoms with van der Waals surface area (Å²) in [6.07, 6.45) is 5.49. The monoisotopic (exact) mass is 370 g/mol. The summed E-state index contributed by atoms with van der Waals surface area (Å²) in [7, 11) is 0. The third kappa shape index (κ3) is 2.97. The lowest BCUT2D eigenvalue weighted by atomic mass is 9.74. The highest BCUT2D eigenvalue weighted by Crippen LogP contribution is 2.40. The van der Waals surface area contributed by atoms with Crippen molar-refractivity contribution in [2.45, 2.75) is 38.3 Å². The molecule has 2 aromatic heterocycles. The van der Waals surface area contributed by atoms with E-state index in [1.165, 1.54) is 4.90 Å². The van der Waals surface area contributed by atoms with E-state index in [1.807, 2.05) is 13.0 Å². The maximum Gasteiger partial charge on any atom is 0.325 e. The van der Waals surface area contributed by atoms with E-state index in [0.717, 1.165) is 25.9 Å². The summed E-state index contributed by atoms with van der Waals surface area (Å²) in [5.41, 5.74) is -0.398. The Hall–Kier alpha value is -2.81. The number of rotatable bonds is 5. The van der Waals surface area contributed by atoms with E-state index in [-0.39, 0.29) is 18.4 Å². The first-order chi connectivity index (χ1) is 13.1. The second-order valence-electron chi connectivity index (χ2n) is 6.85. The van der Waals surface area contributed by atoms with Crippen molar-refractivity contribution in [3.05, 3.63) is 41.8 Å². The second kappa shape index (κ2) is 7.07. The van der Waals surface area contributed by atoms with Gasteiger partial charge in [0.05, 0.1) is 6.54 Å². The van der Waals surface area contributed by atoms with Crippen LogP contribution in [0.3, 0.4) is 0 Å². The van der Waals surface area contributed by atoms with Crippen molar-refractivity contribution in [3.8, 4) is 0 Å². The molecule has 2 aromatic rings. The van der Waals surface area contributed by atoms with Gasteiger partial charge in [-0.05, 0) is 37.9 Å². The maximum atomic E-state index is 13.5. The van der Waals surface area contributed by atoms with Crippen LogP contribution < -0.4 is 10.6 Å². The van der Waals surface area contributed by atoms with Crippen molar-refractivity contribution >= 4 is 11.9 Å². The SMILES string of the molecule is CCc1nc(CN2C(=O)NC(c3cccnc3)(C3CCNCC3)C2=O)no1. The number of piperidine rings is 1. The summed E-state index contributed by atoms with van der Waals surface area (Å²) in [5, 5.41) is 10.2. The van der Waals surface area contributed by atoms with Gasteiger partial charge in [-0.2, -0.15) is 4.98 Å². The zero-order chi connectivity index (χ0) is 18.9. The minimum atomic E-state index is -1.11. The van der Waals surface area contributed by atoms with Crippen LogP contribution >= 0.6 is 0 Å². The number of amides is 3. The van der Waals surface area contributed by atoms with Crippen LogP contribution in [0.5, 0.6) is 0 Å². The van der Waals surface area contributed by atoms with Crippen molar-refractivity contribution < 1.29 is 14.1 Å². The zero-order valence-corrected chi connectivity index (χ0v) is 15.1. The first-order valence-corrected chi connectivity index (χ1v) is 9.22. The molecule has 2 N–H and O–H groups in total. The van der Waals surface area contributed by atoms with E-state index in [2.05, 4.69) is 25.8 Å². The van der Waals surface area contributed by atoms with Crippen LogP contribution in [0.25, 0.3) is 0 Å². The van der Waals surface area contributed by atoms with Crippen molar-refractivity contribution in [1.82, 2.24) is 30.7 Å². The average Bonchev–Trinajstić information content (AvgIpc) is 3.28. The number of urea groups is 1. The Labute approximate surface area is 156 Å². The van der Waals surface area contributed by atoms with Crippen LogP contribution in [0.4, 0.5) is 4.79 Å². The summed E-state index contributed by atoms with van der Waals surface area (Å²) in [6, 6.07) is 3.19. The predicted molar refractivity (Wildman–Crippen MR) is 94.3 cm³/mol. The topological polar surface area (TPSA) is 113 Å². The molecule has 0 aromatic carbocycles. The predicted octanol–water partition coefficient (Wildman–Crippen LogP) is 0.974. The molecule has 27 heavy (non-hydrogen) atoms. The molecule has 0 aliphatic carbocycles. The van der Waals surface area contributed by atoms with E-state index in [4.69, 9.17) is 4.52 Å². The van der Waals surface area contributed by atoms with Gasteiger partial charge in [0.1, 0.15) is 0 Å². The summed E-state index contributed by atoms with van der Waals surface area (Å²) in [6.45, 7) is 3.50. The van der Waals surface area contributed by atoms with Crippen molar-refractivity contribution in [3.63, 3.8) is 0 Å². The fourth-order valence-electron chi connectivity index (χ4n) is 3.94. The minimum Gasteiger partial charge on any atom is -0.339 e. The van der Waals surface area contributed by atoms with Gasteiger partial charge in [0.25, 0.3) is 5.91 Å². The minimum absolute atomic E-state index is 0.0127. The Balaban J connectivity index is 1.69. The third-order valence-electron chi connectivity index (χ3n) is 5.31. The number of carbonyl (C=O) groups is 2. The van der Waals surface area contributed by atoms with Crippen molar-refractivity contribution in [2.75, 3.05) is 13.1 Å². The first-order valence-electron chi connectivity index (χ1n) is 9.22. The molecule has 1 unspecified atom stereocenters. The molecular formula is C18H22N6O3. The molecule has 2 fully saturated rings. The molecule has 2 saturated heterocycles. The molecule has 2 aliphatic rings. The number of carbonyl (C=O) groups excluding carboxylic acids is 2. The molecule has 4 heterocycles. The molecule has 0 spiro atoms. The molecule has 4 rings (SSSR count). The van der Waals surface area contributed by atoms with E-state index < -0.39 is 11.6 Å². The smallest absolute Gasteiger partial charge is 0.325 e. The van der Waals surface area contributed by atoms with Gasteiger partial charge in [0.15, 0.2) is 11.4 Å². The quantitative estimate of drug-likeness (QED) is 0.754. The lowest BCUT2D eigenvalue weighted by Crippen LogP contribution is -2.53. The average molecular weight is 370 g/mol. The molecule has 0 saturated carbocycles. The normalized spacial score (nSPS) is 23.7. The van der Waals surface area contributed by atoms with Gasteiger partial charge in [-0.1, -0.05) is 18.1 Å². The van der Waals surface area contributed by atoms with Gasteiger partial charge in [0.2, 0.25) is 5.89 Å². The molecular weight excluding hydrogens is 348 g/mol. The third-order valence-corrected chi connectivity index (χ3v) is 5.31. The number of nitrogens with one attached hydrogen (secondary N) is 2. The van der Waals surface area contributed by atoms with E-state index in [0.29, 0.717) is 23.7 Å². The Bertz CT molecular complexity index is 833. The summed E-state index contributed by atoms with van der Waals surface area (Å²) in [5.74, 6) is 0.507. The highest BCUT2D eigenvalue weighted by molar-refractivity contribution is 6.07. The number of pyridine rings is 1. The number of aromatic nitrogens is 3. The van der Waals surface area contributed by atoms with Crippen molar-refractivity contribution in [1.29, 1.82) is 0 Å². The van der Waals surface area contributed by atoms with Gasteiger partial charge >= 0.3 is 6.03 Å². The number of hydrogen-bond donors (Lipinski definition) is 2. The fraction of sp³-hybridized carbons (Fsp3) is 0.500. The maximum absolute atomic E-state index is 13.5.